The number of rotatable bonds is 6. The van der Waals surface area contributed by atoms with Gasteiger partial charge in [-0.1, -0.05) is 48.5 Å². The summed E-state index contributed by atoms with van der Waals surface area (Å²) in [4.78, 5) is 1.50. The van der Waals surface area contributed by atoms with Gasteiger partial charge in [0.1, 0.15) is 0 Å². The number of hydrogen-bond donors (Lipinski definition) is 1. The van der Waals surface area contributed by atoms with E-state index in [1.54, 1.807) is 37.4 Å². The molecular weight excluding hydrogens is 303 g/mol. The third-order valence-electron chi connectivity index (χ3n) is 3.93. The highest BCUT2D eigenvalue weighted by Crippen LogP contribution is 2.29. The van der Waals surface area contributed by atoms with Crippen LogP contribution < -0.4 is 4.90 Å². The minimum atomic E-state index is -4.65. The van der Waals surface area contributed by atoms with E-state index in [1.165, 1.54) is 4.90 Å². The third-order valence-corrected chi connectivity index (χ3v) is 3.93. The molecule has 124 valence electrons. The first-order chi connectivity index (χ1) is 10.9. The van der Waals surface area contributed by atoms with Crippen molar-refractivity contribution in [3.8, 4) is 0 Å². The van der Waals surface area contributed by atoms with Crippen LogP contribution >= 0.6 is 0 Å². The topological polar surface area (TPSA) is 23.5 Å². The molecule has 0 aliphatic rings. The first-order valence-corrected chi connectivity index (χ1v) is 7.46. The van der Waals surface area contributed by atoms with Gasteiger partial charge in [0.25, 0.3) is 0 Å². The lowest BCUT2D eigenvalue weighted by molar-refractivity contribution is -0.210. The number of nitrogens with zero attached hydrogens (tertiary/aromatic N) is 1. The molecule has 0 saturated heterocycles. The van der Waals surface area contributed by atoms with Crippen molar-refractivity contribution in [3.63, 3.8) is 0 Å². The van der Waals surface area contributed by atoms with Crippen LogP contribution in [-0.2, 0) is 6.42 Å². The summed E-state index contributed by atoms with van der Waals surface area (Å²) in [5.74, 6) is 0. The van der Waals surface area contributed by atoms with Gasteiger partial charge in [-0.05, 0) is 30.5 Å². The summed E-state index contributed by atoms with van der Waals surface area (Å²) in [6.45, 7) is 0. The van der Waals surface area contributed by atoms with Gasteiger partial charge in [-0.15, -0.1) is 0 Å². The Labute approximate surface area is 134 Å². The molecule has 0 aliphatic carbocycles. The van der Waals surface area contributed by atoms with E-state index < -0.39 is 18.3 Å². The molecule has 0 aliphatic heterocycles. The lowest BCUT2D eigenvalue weighted by atomic mass is 9.99. The molecule has 0 heterocycles. The predicted molar refractivity (Wildman–Crippen MR) is 85.5 cm³/mol. The molecule has 0 saturated carbocycles. The molecule has 0 radical (unpaired) electrons. The van der Waals surface area contributed by atoms with Gasteiger partial charge >= 0.3 is 6.18 Å². The van der Waals surface area contributed by atoms with Crippen LogP contribution in [0.3, 0.4) is 0 Å². The Morgan fingerprint density at radius 3 is 2.00 bits per heavy atom. The summed E-state index contributed by atoms with van der Waals surface area (Å²) in [6, 6.07) is 17.1. The summed E-state index contributed by atoms with van der Waals surface area (Å²) in [6.07, 6.45) is -6.37. The molecule has 0 unspecified atom stereocenters. The van der Waals surface area contributed by atoms with E-state index in [9.17, 15) is 18.3 Å². The highest BCUT2D eigenvalue weighted by atomic mass is 19.4. The van der Waals surface area contributed by atoms with Gasteiger partial charge in [-0.2, -0.15) is 13.2 Å². The van der Waals surface area contributed by atoms with Crippen LogP contribution in [0, 0.1) is 0 Å². The Kier molecular flexibility index (Phi) is 5.66. The first kappa shape index (κ1) is 17.3. The van der Waals surface area contributed by atoms with Crippen molar-refractivity contribution in [3.05, 3.63) is 66.2 Å². The minimum Gasteiger partial charge on any atom is -0.382 e. The Bertz CT molecular complexity index is 586. The molecule has 2 aromatic carbocycles. The number of likely N-dealkylation sites (N-methyl/N-ethyl adjacent to an activating group) is 1. The number of anilines is 1. The molecule has 23 heavy (non-hydrogen) atoms. The lowest BCUT2D eigenvalue weighted by Crippen LogP contribution is -2.49. The third kappa shape index (κ3) is 4.73. The van der Waals surface area contributed by atoms with E-state index in [1.807, 2.05) is 30.3 Å². The van der Waals surface area contributed by atoms with Crippen molar-refractivity contribution >= 4 is 5.69 Å². The summed E-state index contributed by atoms with van der Waals surface area (Å²) < 4.78 is 39.1. The van der Waals surface area contributed by atoms with Gasteiger partial charge in [0, 0.05) is 12.7 Å². The Balaban J connectivity index is 2.18. The smallest absolute Gasteiger partial charge is 0.382 e. The van der Waals surface area contributed by atoms with Gasteiger partial charge in [0.05, 0.1) is 6.04 Å². The van der Waals surface area contributed by atoms with E-state index in [-0.39, 0.29) is 6.42 Å². The normalized spacial score (nSPS) is 14.3. The number of aryl methyl sites for hydroxylation is 1. The van der Waals surface area contributed by atoms with Gasteiger partial charge in [0.15, 0.2) is 6.10 Å². The maximum Gasteiger partial charge on any atom is 0.416 e. The van der Waals surface area contributed by atoms with Crippen LogP contribution in [0.5, 0.6) is 0 Å². The molecule has 2 rings (SSSR count). The molecule has 2 aromatic rings. The van der Waals surface area contributed by atoms with Crippen molar-refractivity contribution in [2.45, 2.75) is 31.2 Å². The highest BCUT2D eigenvalue weighted by Gasteiger charge is 2.44. The van der Waals surface area contributed by atoms with Crippen LogP contribution in [0.25, 0.3) is 0 Å². The zero-order valence-electron chi connectivity index (χ0n) is 12.9. The fourth-order valence-corrected chi connectivity index (χ4v) is 2.60. The Hall–Kier alpha value is -2.01. The molecule has 1 N–H and O–H groups in total. The average Bonchev–Trinajstić information content (AvgIpc) is 2.55. The number of para-hydroxylation sites is 1. The number of halogens is 3. The van der Waals surface area contributed by atoms with Crippen LogP contribution in [0.2, 0.25) is 0 Å². The first-order valence-electron chi connectivity index (χ1n) is 7.46. The number of hydrogen-bond acceptors (Lipinski definition) is 2. The SMILES string of the molecule is CN(c1ccccc1)[C@@H](CCc1ccccc1)[C@@H](O)C(F)(F)F. The van der Waals surface area contributed by atoms with Crippen molar-refractivity contribution in [2.75, 3.05) is 11.9 Å². The standard InChI is InChI=1S/C18H20F3NO/c1-22(15-10-6-3-7-11-15)16(17(23)18(19,20)21)13-12-14-8-4-2-5-9-14/h2-11,16-17,23H,12-13H2,1H3/t16-,17+/m0/s1. The van der Waals surface area contributed by atoms with Crippen LogP contribution in [0.1, 0.15) is 12.0 Å². The van der Waals surface area contributed by atoms with Gasteiger partial charge in [0.2, 0.25) is 0 Å². The molecule has 5 heteroatoms. The predicted octanol–water partition coefficient (Wildman–Crippen LogP) is 4.05. The quantitative estimate of drug-likeness (QED) is 0.867. The largest absolute Gasteiger partial charge is 0.416 e. The molecule has 0 amide bonds. The number of aliphatic hydroxyl groups excluding tert-OH is 1. The monoisotopic (exact) mass is 323 g/mol. The molecule has 2 atom stereocenters. The number of benzene rings is 2. The van der Waals surface area contributed by atoms with Gasteiger partial charge in [-0.3, -0.25) is 0 Å². The molecule has 0 fully saturated rings. The molecule has 0 bridgehead atoms. The second-order valence-electron chi connectivity index (χ2n) is 5.52. The minimum absolute atomic E-state index is 0.204. The Morgan fingerprint density at radius 1 is 0.957 bits per heavy atom. The highest BCUT2D eigenvalue weighted by molar-refractivity contribution is 5.46. The fraction of sp³-hybridized carbons (Fsp3) is 0.333. The Morgan fingerprint density at radius 2 is 1.48 bits per heavy atom. The van der Waals surface area contributed by atoms with Gasteiger partial charge < -0.3 is 10.0 Å². The summed E-state index contributed by atoms with van der Waals surface area (Å²) in [7, 11) is 1.58. The summed E-state index contributed by atoms with van der Waals surface area (Å²) in [5, 5.41) is 9.79. The second-order valence-corrected chi connectivity index (χ2v) is 5.52. The van der Waals surface area contributed by atoms with E-state index in [2.05, 4.69) is 0 Å². The van der Waals surface area contributed by atoms with Crippen LogP contribution in [0.15, 0.2) is 60.7 Å². The summed E-state index contributed by atoms with van der Waals surface area (Å²) in [5.41, 5.74) is 1.60. The molecule has 0 aromatic heterocycles. The van der Waals surface area contributed by atoms with E-state index in [4.69, 9.17) is 0 Å². The maximum absolute atomic E-state index is 13.0. The lowest BCUT2D eigenvalue weighted by Gasteiger charge is -2.34. The van der Waals surface area contributed by atoms with Crippen molar-refractivity contribution in [2.24, 2.45) is 0 Å². The van der Waals surface area contributed by atoms with E-state index in [0.717, 1.165) is 5.56 Å². The zero-order chi connectivity index (χ0) is 16.9. The van der Waals surface area contributed by atoms with E-state index in [0.29, 0.717) is 12.1 Å². The van der Waals surface area contributed by atoms with Gasteiger partial charge in [-0.25, -0.2) is 0 Å². The zero-order valence-corrected chi connectivity index (χ0v) is 12.9. The summed E-state index contributed by atoms with van der Waals surface area (Å²) >= 11 is 0. The average molecular weight is 323 g/mol. The number of alkyl halides is 3. The maximum atomic E-state index is 13.0. The molecular formula is C18H20F3NO. The molecule has 0 spiro atoms. The fourth-order valence-electron chi connectivity index (χ4n) is 2.60. The second kappa shape index (κ2) is 7.51. The van der Waals surface area contributed by atoms with Crippen LogP contribution in [0.4, 0.5) is 18.9 Å². The van der Waals surface area contributed by atoms with Crippen LogP contribution in [-0.4, -0.2) is 30.5 Å². The van der Waals surface area contributed by atoms with Crippen molar-refractivity contribution in [1.29, 1.82) is 0 Å². The van der Waals surface area contributed by atoms with Crippen molar-refractivity contribution in [1.82, 2.24) is 0 Å². The van der Waals surface area contributed by atoms with E-state index >= 15 is 0 Å². The number of aliphatic hydroxyl groups is 1. The van der Waals surface area contributed by atoms with Crippen molar-refractivity contribution < 1.29 is 18.3 Å². The molecule has 2 nitrogen and oxygen atoms in total.